The highest BCUT2D eigenvalue weighted by molar-refractivity contribution is 5.97. The standard InChI is InChI=1S/C22H28N4O3/c1-27-19-11-21(29-3)20(28-2)10-15(19)13-26-9-7-17-16(14-26)12-24-22(25-17)18-6-4-5-8-23-18/h10-12H,4-9,13-14H2,1-3H3. The molecule has 4 rings (SSSR count). The van der Waals surface area contributed by atoms with Crippen LogP contribution in [0.3, 0.4) is 0 Å². The molecule has 0 amide bonds. The molecule has 0 N–H and O–H groups in total. The molecule has 0 bridgehead atoms. The predicted octanol–water partition coefficient (Wildman–Crippen LogP) is 3.03. The van der Waals surface area contributed by atoms with Gasteiger partial charge in [-0.25, -0.2) is 9.97 Å². The van der Waals surface area contributed by atoms with Crippen molar-refractivity contribution in [3.05, 3.63) is 41.0 Å². The van der Waals surface area contributed by atoms with E-state index in [0.717, 1.165) is 67.6 Å². The van der Waals surface area contributed by atoms with Gasteiger partial charge in [0.15, 0.2) is 17.3 Å². The summed E-state index contributed by atoms with van der Waals surface area (Å²) in [5.41, 5.74) is 4.48. The minimum atomic E-state index is 0.670. The summed E-state index contributed by atoms with van der Waals surface area (Å²) >= 11 is 0. The van der Waals surface area contributed by atoms with E-state index in [1.165, 1.54) is 18.4 Å². The van der Waals surface area contributed by atoms with Crippen molar-refractivity contribution in [2.45, 2.75) is 38.8 Å². The number of ether oxygens (including phenoxy) is 3. The van der Waals surface area contributed by atoms with E-state index >= 15 is 0 Å². The number of aliphatic imine (C=N–C) groups is 1. The van der Waals surface area contributed by atoms with Gasteiger partial charge in [-0.15, -0.1) is 0 Å². The van der Waals surface area contributed by atoms with Crippen LogP contribution in [0.5, 0.6) is 17.2 Å². The van der Waals surface area contributed by atoms with Crippen LogP contribution in [0.2, 0.25) is 0 Å². The molecule has 7 heteroatoms. The highest BCUT2D eigenvalue weighted by Crippen LogP contribution is 2.35. The van der Waals surface area contributed by atoms with Gasteiger partial charge < -0.3 is 14.2 Å². The van der Waals surface area contributed by atoms with Gasteiger partial charge in [-0.05, 0) is 25.3 Å². The summed E-state index contributed by atoms with van der Waals surface area (Å²) in [6.45, 7) is 3.42. The predicted molar refractivity (Wildman–Crippen MR) is 111 cm³/mol. The smallest absolute Gasteiger partial charge is 0.173 e. The van der Waals surface area contributed by atoms with E-state index in [1.54, 1.807) is 21.3 Å². The second-order valence-corrected chi connectivity index (χ2v) is 7.43. The van der Waals surface area contributed by atoms with Gasteiger partial charge in [0.2, 0.25) is 0 Å². The molecule has 2 aliphatic rings. The zero-order valence-corrected chi connectivity index (χ0v) is 17.4. The van der Waals surface area contributed by atoms with Crippen molar-refractivity contribution >= 4 is 5.71 Å². The number of nitrogens with zero attached hydrogens (tertiary/aromatic N) is 4. The Labute approximate surface area is 171 Å². The maximum atomic E-state index is 5.58. The van der Waals surface area contributed by atoms with E-state index in [4.69, 9.17) is 19.2 Å². The van der Waals surface area contributed by atoms with Gasteiger partial charge in [0.25, 0.3) is 0 Å². The van der Waals surface area contributed by atoms with Crippen LogP contribution >= 0.6 is 0 Å². The number of hydrogen-bond acceptors (Lipinski definition) is 7. The van der Waals surface area contributed by atoms with Gasteiger partial charge in [-0.1, -0.05) is 0 Å². The number of methoxy groups -OCH3 is 3. The SMILES string of the molecule is COc1cc(OC)c(OC)cc1CN1CCc2nc(C3=NCCCC3)ncc2C1. The average Bonchev–Trinajstić information content (AvgIpc) is 2.79. The van der Waals surface area contributed by atoms with E-state index in [9.17, 15) is 0 Å². The first-order valence-electron chi connectivity index (χ1n) is 10.1. The molecule has 1 aromatic heterocycles. The van der Waals surface area contributed by atoms with Crippen LogP contribution in [0, 0.1) is 0 Å². The molecule has 0 saturated heterocycles. The second-order valence-electron chi connectivity index (χ2n) is 7.43. The molecule has 0 aliphatic carbocycles. The van der Waals surface area contributed by atoms with Gasteiger partial charge in [0, 0.05) is 56.0 Å². The van der Waals surface area contributed by atoms with E-state index in [1.807, 2.05) is 18.3 Å². The molecule has 2 aliphatic heterocycles. The Morgan fingerprint density at radius 2 is 1.76 bits per heavy atom. The normalized spacial score (nSPS) is 16.7. The van der Waals surface area contributed by atoms with E-state index < -0.39 is 0 Å². The molecule has 154 valence electrons. The first-order valence-corrected chi connectivity index (χ1v) is 10.1. The molecule has 0 spiro atoms. The van der Waals surface area contributed by atoms with Crippen LogP contribution in [-0.2, 0) is 19.5 Å². The van der Waals surface area contributed by atoms with Crippen LogP contribution in [-0.4, -0.2) is 55.0 Å². The summed E-state index contributed by atoms with van der Waals surface area (Å²) in [6, 6.07) is 3.88. The third-order valence-electron chi connectivity index (χ3n) is 5.58. The molecule has 7 nitrogen and oxygen atoms in total. The average molecular weight is 396 g/mol. The molecular formula is C22H28N4O3. The molecule has 0 fully saturated rings. The van der Waals surface area contributed by atoms with Crippen LogP contribution in [0.25, 0.3) is 0 Å². The van der Waals surface area contributed by atoms with Crippen molar-refractivity contribution in [1.29, 1.82) is 0 Å². The van der Waals surface area contributed by atoms with Crippen molar-refractivity contribution in [1.82, 2.24) is 14.9 Å². The van der Waals surface area contributed by atoms with Crippen LogP contribution in [0.4, 0.5) is 0 Å². The van der Waals surface area contributed by atoms with Gasteiger partial charge in [0.1, 0.15) is 5.75 Å². The van der Waals surface area contributed by atoms with E-state index in [-0.39, 0.29) is 0 Å². The van der Waals surface area contributed by atoms with Crippen LogP contribution in [0.15, 0.2) is 23.3 Å². The number of hydrogen-bond donors (Lipinski definition) is 0. The summed E-state index contributed by atoms with van der Waals surface area (Å²) in [6.07, 6.45) is 6.23. The molecule has 0 radical (unpaired) electrons. The quantitative estimate of drug-likeness (QED) is 0.748. The Balaban J connectivity index is 1.51. The van der Waals surface area contributed by atoms with Crippen LogP contribution in [0.1, 0.15) is 41.9 Å². The number of aromatic nitrogens is 2. The molecule has 3 heterocycles. The van der Waals surface area contributed by atoms with Gasteiger partial charge >= 0.3 is 0 Å². The zero-order chi connectivity index (χ0) is 20.2. The largest absolute Gasteiger partial charge is 0.496 e. The lowest BCUT2D eigenvalue weighted by Crippen LogP contribution is -2.31. The van der Waals surface area contributed by atoms with Gasteiger partial charge in [0.05, 0.1) is 32.7 Å². The monoisotopic (exact) mass is 396 g/mol. The summed E-state index contributed by atoms with van der Waals surface area (Å²) in [7, 11) is 4.96. The topological polar surface area (TPSA) is 69.1 Å². The number of benzene rings is 1. The molecular weight excluding hydrogens is 368 g/mol. The maximum absolute atomic E-state index is 5.58. The van der Waals surface area contributed by atoms with E-state index in [0.29, 0.717) is 11.5 Å². The molecule has 0 atom stereocenters. The van der Waals surface area contributed by atoms with Crippen molar-refractivity contribution in [2.24, 2.45) is 4.99 Å². The lowest BCUT2D eigenvalue weighted by molar-refractivity contribution is 0.238. The Morgan fingerprint density at radius 3 is 2.48 bits per heavy atom. The molecule has 0 unspecified atom stereocenters. The summed E-state index contributed by atoms with van der Waals surface area (Å²) in [5, 5.41) is 0. The highest BCUT2D eigenvalue weighted by atomic mass is 16.5. The maximum Gasteiger partial charge on any atom is 0.173 e. The fourth-order valence-corrected chi connectivity index (χ4v) is 3.99. The molecule has 1 aromatic carbocycles. The third-order valence-corrected chi connectivity index (χ3v) is 5.58. The van der Waals surface area contributed by atoms with Crippen molar-refractivity contribution in [2.75, 3.05) is 34.4 Å². The summed E-state index contributed by atoms with van der Waals surface area (Å²) in [5.74, 6) is 3.00. The second kappa shape index (κ2) is 8.78. The van der Waals surface area contributed by atoms with Crippen molar-refractivity contribution in [3.8, 4) is 17.2 Å². The van der Waals surface area contributed by atoms with E-state index in [2.05, 4.69) is 14.9 Å². The number of fused-ring (bicyclic) bond motifs is 1. The fraction of sp³-hybridized carbons (Fsp3) is 0.500. The first kappa shape index (κ1) is 19.6. The Kier molecular flexibility index (Phi) is 5.94. The van der Waals surface area contributed by atoms with Crippen LogP contribution < -0.4 is 14.2 Å². The zero-order valence-electron chi connectivity index (χ0n) is 17.4. The number of rotatable bonds is 6. The lowest BCUT2D eigenvalue weighted by Gasteiger charge is -2.29. The van der Waals surface area contributed by atoms with Gasteiger partial charge in [-0.3, -0.25) is 9.89 Å². The summed E-state index contributed by atoms with van der Waals surface area (Å²) in [4.78, 5) is 16.4. The van der Waals surface area contributed by atoms with Crippen molar-refractivity contribution < 1.29 is 14.2 Å². The van der Waals surface area contributed by atoms with Crippen molar-refractivity contribution in [3.63, 3.8) is 0 Å². The highest BCUT2D eigenvalue weighted by Gasteiger charge is 2.22. The Hall–Kier alpha value is -2.67. The fourth-order valence-electron chi connectivity index (χ4n) is 3.99. The first-order chi connectivity index (χ1) is 14.2. The third kappa shape index (κ3) is 4.19. The Bertz CT molecular complexity index is 913. The lowest BCUT2D eigenvalue weighted by atomic mass is 10.0. The minimum absolute atomic E-state index is 0.670. The molecule has 0 saturated carbocycles. The Morgan fingerprint density at radius 1 is 0.966 bits per heavy atom. The minimum Gasteiger partial charge on any atom is -0.496 e. The summed E-state index contributed by atoms with van der Waals surface area (Å²) < 4.78 is 16.4. The van der Waals surface area contributed by atoms with Gasteiger partial charge in [-0.2, -0.15) is 0 Å². The molecule has 2 aromatic rings. The molecule has 29 heavy (non-hydrogen) atoms.